The number of carbonyl (C=O) groups excluding carboxylic acids is 1. The average molecular weight is 384 g/mol. The highest BCUT2D eigenvalue weighted by atomic mass is 16.5. The highest BCUT2D eigenvalue weighted by Gasteiger charge is 2.26. The summed E-state index contributed by atoms with van der Waals surface area (Å²) in [6.45, 7) is 3.01. The van der Waals surface area contributed by atoms with Gasteiger partial charge in [0.15, 0.2) is 0 Å². The Hall–Kier alpha value is -2.47. The zero-order chi connectivity index (χ0) is 19.8. The summed E-state index contributed by atoms with van der Waals surface area (Å²) in [5.74, 6) is 0.767. The molecule has 0 saturated carbocycles. The number of benzene rings is 1. The average Bonchev–Trinajstić information content (AvgIpc) is 2.74. The van der Waals surface area contributed by atoms with Gasteiger partial charge >= 0.3 is 12.0 Å². The number of hydrogen-bond acceptors (Lipinski definition) is 6. The third-order valence-electron chi connectivity index (χ3n) is 5.13. The van der Waals surface area contributed by atoms with Crippen LogP contribution in [-0.4, -0.2) is 29.7 Å². The van der Waals surface area contributed by atoms with Gasteiger partial charge in [-0.2, -0.15) is 0 Å². The molecule has 0 aliphatic carbocycles. The van der Waals surface area contributed by atoms with Gasteiger partial charge < -0.3 is 14.2 Å². The molecule has 2 atom stereocenters. The first-order valence-electron chi connectivity index (χ1n) is 10.00. The number of ether oxygens (including phenoxy) is 3. The second kappa shape index (κ2) is 10.2. The van der Waals surface area contributed by atoms with E-state index in [0.29, 0.717) is 17.2 Å². The topological polar surface area (TPSA) is 70.5 Å². The lowest BCUT2D eigenvalue weighted by molar-refractivity contribution is -0.0209. The van der Waals surface area contributed by atoms with E-state index in [1.165, 1.54) is 38.1 Å². The van der Waals surface area contributed by atoms with E-state index in [-0.39, 0.29) is 12.1 Å². The second-order valence-corrected chi connectivity index (χ2v) is 7.14. The largest absolute Gasteiger partial charge is 0.496 e. The summed E-state index contributed by atoms with van der Waals surface area (Å²) >= 11 is 0. The van der Waals surface area contributed by atoms with Crippen molar-refractivity contribution >= 4 is 5.97 Å². The molecule has 150 valence electrons. The Morgan fingerprint density at radius 2 is 2.04 bits per heavy atom. The van der Waals surface area contributed by atoms with E-state index < -0.39 is 5.97 Å². The molecule has 1 aromatic carbocycles. The van der Waals surface area contributed by atoms with Crippen LogP contribution in [0, 0.1) is 5.92 Å². The summed E-state index contributed by atoms with van der Waals surface area (Å²) in [5.41, 5.74) is 1.36. The lowest BCUT2D eigenvalue weighted by Crippen LogP contribution is -2.21. The Morgan fingerprint density at radius 3 is 2.71 bits per heavy atom. The highest BCUT2D eigenvalue weighted by molar-refractivity contribution is 5.91. The van der Waals surface area contributed by atoms with Gasteiger partial charge in [-0.3, -0.25) is 0 Å². The third kappa shape index (κ3) is 5.29. The van der Waals surface area contributed by atoms with E-state index in [2.05, 4.69) is 16.9 Å². The van der Waals surface area contributed by atoms with Crippen LogP contribution in [0.5, 0.6) is 11.8 Å². The molecule has 1 aliphatic rings. The van der Waals surface area contributed by atoms with Crippen molar-refractivity contribution in [2.24, 2.45) is 5.92 Å². The Morgan fingerprint density at radius 1 is 1.21 bits per heavy atom. The number of carbonyl (C=O) groups is 1. The van der Waals surface area contributed by atoms with Crippen molar-refractivity contribution in [1.82, 2.24) is 9.97 Å². The van der Waals surface area contributed by atoms with Crippen LogP contribution in [0.1, 0.15) is 67.5 Å². The molecule has 2 unspecified atom stereocenters. The molecule has 0 amide bonds. The van der Waals surface area contributed by atoms with Crippen LogP contribution >= 0.6 is 0 Å². The number of aromatic nitrogens is 2. The molecule has 1 saturated heterocycles. The van der Waals surface area contributed by atoms with Gasteiger partial charge in [0.05, 0.1) is 25.4 Å². The van der Waals surface area contributed by atoms with Gasteiger partial charge in [0.2, 0.25) is 0 Å². The summed E-state index contributed by atoms with van der Waals surface area (Å²) in [4.78, 5) is 20.2. The molecule has 0 radical (unpaired) electrons. The number of rotatable bonds is 8. The van der Waals surface area contributed by atoms with Crippen molar-refractivity contribution in [3.8, 4) is 11.8 Å². The van der Waals surface area contributed by atoms with Gasteiger partial charge in [-0.05, 0) is 43.4 Å². The van der Waals surface area contributed by atoms with Crippen LogP contribution in [-0.2, 0) is 4.74 Å². The zero-order valence-electron chi connectivity index (χ0n) is 16.6. The van der Waals surface area contributed by atoms with Crippen LogP contribution in [0.2, 0.25) is 0 Å². The molecule has 0 N–H and O–H groups in total. The van der Waals surface area contributed by atoms with E-state index in [4.69, 9.17) is 14.2 Å². The first-order valence-corrected chi connectivity index (χ1v) is 10.00. The van der Waals surface area contributed by atoms with Gasteiger partial charge in [-0.25, -0.2) is 14.8 Å². The minimum absolute atomic E-state index is 0.0000905. The number of methoxy groups -OCH3 is 1. The summed E-state index contributed by atoms with van der Waals surface area (Å²) in [6, 6.07) is 7.01. The standard InChI is InChI=1S/C22H28N2O4/c1-3-4-5-7-16-8-11-19(27-15-16)18-10-9-17(14-20(18)26-2)21(25)28-22-23-12-6-13-24-22/h6,9-10,12-14,16,19H,3-5,7-8,11,15H2,1-2H3. The predicted octanol–water partition coefficient (Wildman–Crippen LogP) is 4.75. The number of unbranched alkanes of at least 4 members (excludes halogenated alkanes) is 2. The monoisotopic (exact) mass is 384 g/mol. The molecule has 1 aromatic heterocycles. The van der Waals surface area contributed by atoms with Gasteiger partial charge in [-0.1, -0.05) is 32.3 Å². The predicted molar refractivity (Wildman–Crippen MR) is 106 cm³/mol. The number of nitrogens with zero attached hydrogens (tertiary/aromatic N) is 2. The fourth-order valence-corrected chi connectivity index (χ4v) is 3.55. The second-order valence-electron chi connectivity index (χ2n) is 7.14. The van der Waals surface area contributed by atoms with Gasteiger partial charge in [-0.15, -0.1) is 0 Å². The fourth-order valence-electron chi connectivity index (χ4n) is 3.55. The maximum atomic E-state index is 12.3. The summed E-state index contributed by atoms with van der Waals surface area (Å²) in [6.07, 6.45) is 10.2. The molecule has 3 rings (SSSR count). The van der Waals surface area contributed by atoms with Gasteiger partial charge in [0, 0.05) is 18.0 Å². The Labute approximate surface area is 166 Å². The van der Waals surface area contributed by atoms with Gasteiger partial charge in [0.1, 0.15) is 5.75 Å². The summed E-state index contributed by atoms with van der Waals surface area (Å²) < 4.78 is 16.9. The first kappa shape index (κ1) is 20.3. The van der Waals surface area contributed by atoms with Crippen LogP contribution in [0.3, 0.4) is 0 Å². The molecule has 28 heavy (non-hydrogen) atoms. The maximum Gasteiger partial charge on any atom is 0.346 e. The molecule has 0 spiro atoms. The Balaban J connectivity index is 1.63. The minimum Gasteiger partial charge on any atom is -0.496 e. The minimum atomic E-state index is -0.517. The first-order chi connectivity index (χ1) is 13.7. The van der Waals surface area contributed by atoms with Crippen LogP contribution in [0.15, 0.2) is 36.7 Å². The van der Waals surface area contributed by atoms with E-state index >= 15 is 0 Å². The lowest BCUT2D eigenvalue weighted by atomic mass is 9.90. The van der Waals surface area contributed by atoms with Crippen LogP contribution in [0.25, 0.3) is 0 Å². The molecule has 1 aliphatic heterocycles. The van der Waals surface area contributed by atoms with Crippen molar-refractivity contribution in [2.45, 2.75) is 51.6 Å². The van der Waals surface area contributed by atoms with Crippen molar-refractivity contribution in [3.05, 3.63) is 47.8 Å². The van der Waals surface area contributed by atoms with Crippen molar-refractivity contribution in [2.75, 3.05) is 13.7 Å². The molecule has 0 bridgehead atoms. The summed E-state index contributed by atoms with van der Waals surface area (Å²) in [5, 5.41) is 0. The van der Waals surface area contributed by atoms with Gasteiger partial charge in [0.25, 0.3) is 0 Å². The Bertz CT molecular complexity index is 758. The van der Waals surface area contributed by atoms with Crippen LogP contribution in [0.4, 0.5) is 0 Å². The third-order valence-corrected chi connectivity index (χ3v) is 5.13. The van der Waals surface area contributed by atoms with E-state index in [0.717, 1.165) is 25.0 Å². The van der Waals surface area contributed by atoms with Crippen molar-refractivity contribution in [1.29, 1.82) is 0 Å². The lowest BCUT2D eigenvalue weighted by Gasteiger charge is -2.30. The molecule has 2 heterocycles. The molecule has 6 nitrogen and oxygen atoms in total. The molecule has 2 aromatic rings. The van der Waals surface area contributed by atoms with Crippen molar-refractivity contribution in [3.63, 3.8) is 0 Å². The zero-order valence-corrected chi connectivity index (χ0v) is 16.6. The van der Waals surface area contributed by atoms with E-state index in [9.17, 15) is 4.79 Å². The SMILES string of the molecule is CCCCCC1CCC(c2ccc(C(=O)Oc3ncccn3)cc2OC)OC1. The fraction of sp³-hybridized carbons (Fsp3) is 0.500. The maximum absolute atomic E-state index is 12.3. The van der Waals surface area contributed by atoms with E-state index in [1.54, 1.807) is 25.3 Å². The smallest absolute Gasteiger partial charge is 0.346 e. The van der Waals surface area contributed by atoms with Crippen molar-refractivity contribution < 1.29 is 19.0 Å². The quantitative estimate of drug-likeness (QED) is 0.483. The number of esters is 1. The summed E-state index contributed by atoms with van der Waals surface area (Å²) in [7, 11) is 1.60. The number of hydrogen-bond donors (Lipinski definition) is 0. The molecular formula is C22H28N2O4. The molecule has 1 fully saturated rings. The van der Waals surface area contributed by atoms with E-state index in [1.807, 2.05) is 6.07 Å². The molecular weight excluding hydrogens is 356 g/mol. The molecule has 6 heteroatoms. The Kier molecular flexibility index (Phi) is 7.37. The highest BCUT2D eigenvalue weighted by Crippen LogP contribution is 2.37. The normalized spacial score (nSPS) is 19.2. The van der Waals surface area contributed by atoms with Crippen LogP contribution < -0.4 is 9.47 Å².